The second-order valence-electron chi connectivity index (χ2n) is 8.38. The number of aromatic nitrogens is 2. The zero-order chi connectivity index (χ0) is 21.8. The normalized spacial score (nSPS) is 13.5. The fourth-order valence-electron chi connectivity index (χ4n) is 4.10. The van der Waals surface area contributed by atoms with Crippen molar-refractivity contribution in [3.63, 3.8) is 0 Å². The number of para-hydroxylation sites is 1. The van der Waals surface area contributed by atoms with Crippen LogP contribution in [0.2, 0.25) is 0 Å². The Labute approximate surface area is 185 Å². The van der Waals surface area contributed by atoms with Crippen molar-refractivity contribution in [1.29, 1.82) is 0 Å². The number of nitrogens with zero attached hydrogens (tertiary/aromatic N) is 3. The number of hydrogen-bond donors (Lipinski definition) is 1. The van der Waals surface area contributed by atoms with Crippen LogP contribution in [0.1, 0.15) is 65.3 Å². The van der Waals surface area contributed by atoms with E-state index in [1.165, 1.54) is 5.56 Å². The second kappa shape index (κ2) is 9.48. The van der Waals surface area contributed by atoms with Crippen LogP contribution in [0.5, 0.6) is 0 Å². The first-order valence-corrected chi connectivity index (χ1v) is 11.3. The second-order valence-corrected chi connectivity index (χ2v) is 8.38. The van der Waals surface area contributed by atoms with E-state index in [9.17, 15) is 4.79 Å². The predicted molar refractivity (Wildman–Crippen MR) is 125 cm³/mol. The first-order valence-electron chi connectivity index (χ1n) is 11.3. The Bertz CT molecular complexity index is 1050. The van der Waals surface area contributed by atoms with E-state index in [0.717, 1.165) is 55.0 Å². The first kappa shape index (κ1) is 21.3. The van der Waals surface area contributed by atoms with Gasteiger partial charge < -0.3 is 5.32 Å². The lowest BCUT2D eigenvalue weighted by Gasteiger charge is -2.18. The molecular weight excluding hydrogens is 384 g/mol. The monoisotopic (exact) mass is 416 g/mol. The summed E-state index contributed by atoms with van der Waals surface area (Å²) in [6.45, 7) is 9.97. The van der Waals surface area contributed by atoms with Crippen LogP contribution < -0.4 is 5.32 Å². The highest BCUT2D eigenvalue weighted by Crippen LogP contribution is 2.42. The number of rotatable bonds is 9. The van der Waals surface area contributed by atoms with E-state index in [-0.39, 0.29) is 5.91 Å². The molecule has 5 nitrogen and oxygen atoms in total. The Kier molecular flexibility index (Phi) is 6.52. The standard InChI is InChI=1S/C26H32N4O/c1-4-29(5-2)18-21-11-8-10-20(15-21)16-27-26(31)23-17-28-30(25(23)22-13-14-22)24-12-7-6-9-19(24)3/h6-12,15,17,22H,4-5,13-14,16,18H2,1-3H3,(H,27,31). The molecular formula is C26H32N4O. The van der Waals surface area contributed by atoms with Gasteiger partial charge in [-0.1, -0.05) is 56.3 Å². The topological polar surface area (TPSA) is 50.2 Å². The number of carbonyl (C=O) groups is 1. The molecule has 1 fully saturated rings. The van der Waals surface area contributed by atoms with E-state index in [4.69, 9.17) is 0 Å². The van der Waals surface area contributed by atoms with Crippen LogP contribution in [-0.2, 0) is 13.1 Å². The third kappa shape index (κ3) is 4.88. The Morgan fingerprint density at radius 1 is 1.10 bits per heavy atom. The molecule has 4 rings (SSSR count). The Balaban J connectivity index is 1.49. The van der Waals surface area contributed by atoms with Gasteiger partial charge in [-0.05, 0) is 55.6 Å². The Morgan fingerprint density at radius 3 is 2.55 bits per heavy atom. The van der Waals surface area contributed by atoms with E-state index in [0.29, 0.717) is 18.0 Å². The van der Waals surface area contributed by atoms with Crippen molar-refractivity contribution in [1.82, 2.24) is 20.0 Å². The molecule has 1 aromatic heterocycles. The maximum atomic E-state index is 13.1. The average Bonchev–Trinajstić information content (AvgIpc) is 3.54. The summed E-state index contributed by atoms with van der Waals surface area (Å²) in [6.07, 6.45) is 3.96. The van der Waals surface area contributed by atoms with Gasteiger partial charge in [0.25, 0.3) is 5.91 Å². The molecule has 1 N–H and O–H groups in total. The summed E-state index contributed by atoms with van der Waals surface area (Å²) in [5.41, 5.74) is 6.35. The first-order chi connectivity index (χ1) is 15.1. The zero-order valence-corrected chi connectivity index (χ0v) is 18.8. The maximum Gasteiger partial charge on any atom is 0.255 e. The van der Waals surface area contributed by atoms with Crippen molar-refractivity contribution in [3.05, 3.63) is 82.7 Å². The van der Waals surface area contributed by atoms with Crippen molar-refractivity contribution >= 4 is 5.91 Å². The lowest BCUT2D eigenvalue weighted by molar-refractivity contribution is 0.0950. The molecule has 0 aliphatic heterocycles. The van der Waals surface area contributed by atoms with Gasteiger partial charge in [-0.25, -0.2) is 4.68 Å². The number of hydrogen-bond acceptors (Lipinski definition) is 3. The van der Waals surface area contributed by atoms with E-state index >= 15 is 0 Å². The van der Waals surface area contributed by atoms with Gasteiger partial charge in [0.05, 0.1) is 23.1 Å². The van der Waals surface area contributed by atoms with Crippen LogP contribution in [0, 0.1) is 6.92 Å². The molecule has 1 saturated carbocycles. The van der Waals surface area contributed by atoms with Crippen molar-refractivity contribution in [2.45, 2.75) is 52.6 Å². The number of amides is 1. The molecule has 1 aliphatic carbocycles. The van der Waals surface area contributed by atoms with E-state index in [1.807, 2.05) is 16.8 Å². The summed E-state index contributed by atoms with van der Waals surface area (Å²) in [6, 6.07) is 16.7. The van der Waals surface area contributed by atoms with Gasteiger partial charge in [-0.2, -0.15) is 5.10 Å². The van der Waals surface area contributed by atoms with Gasteiger partial charge in [-0.15, -0.1) is 0 Å². The summed E-state index contributed by atoms with van der Waals surface area (Å²) in [5, 5.41) is 7.72. The predicted octanol–water partition coefficient (Wildman–Crippen LogP) is 4.83. The summed E-state index contributed by atoms with van der Waals surface area (Å²) < 4.78 is 1.96. The smallest absolute Gasteiger partial charge is 0.255 e. The minimum Gasteiger partial charge on any atom is -0.348 e. The molecule has 3 aromatic rings. The van der Waals surface area contributed by atoms with Crippen molar-refractivity contribution in [2.24, 2.45) is 0 Å². The molecule has 0 spiro atoms. The Morgan fingerprint density at radius 2 is 1.84 bits per heavy atom. The summed E-state index contributed by atoms with van der Waals surface area (Å²) in [5.74, 6) is 0.371. The summed E-state index contributed by atoms with van der Waals surface area (Å²) in [4.78, 5) is 15.5. The molecule has 0 radical (unpaired) electrons. The number of aryl methyl sites for hydroxylation is 1. The van der Waals surface area contributed by atoms with E-state index < -0.39 is 0 Å². The lowest BCUT2D eigenvalue weighted by Crippen LogP contribution is -2.24. The van der Waals surface area contributed by atoms with Crippen LogP contribution in [0.25, 0.3) is 5.69 Å². The van der Waals surface area contributed by atoms with Gasteiger partial charge in [0.2, 0.25) is 0 Å². The van der Waals surface area contributed by atoms with Crippen LogP contribution in [-0.4, -0.2) is 33.7 Å². The third-order valence-corrected chi connectivity index (χ3v) is 6.10. The summed E-state index contributed by atoms with van der Waals surface area (Å²) in [7, 11) is 0. The lowest BCUT2D eigenvalue weighted by atomic mass is 10.1. The van der Waals surface area contributed by atoms with Gasteiger partial charge in [0.1, 0.15) is 0 Å². The number of carbonyl (C=O) groups excluding carboxylic acids is 1. The van der Waals surface area contributed by atoms with Crippen LogP contribution >= 0.6 is 0 Å². The van der Waals surface area contributed by atoms with Gasteiger partial charge in [-0.3, -0.25) is 9.69 Å². The number of nitrogens with one attached hydrogen (secondary N) is 1. The molecule has 0 saturated heterocycles. The van der Waals surface area contributed by atoms with Gasteiger partial charge in [0, 0.05) is 19.0 Å². The molecule has 162 valence electrons. The quantitative estimate of drug-likeness (QED) is 0.544. The van der Waals surface area contributed by atoms with Crippen molar-refractivity contribution < 1.29 is 4.79 Å². The molecule has 1 amide bonds. The van der Waals surface area contributed by atoms with Crippen molar-refractivity contribution in [2.75, 3.05) is 13.1 Å². The zero-order valence-electron chi connectivity index (χ0n) is 18.8. The molecule has 1 heterocycles. The third-order valence-electron chi connectivity index (χ3n) is 6.10. The molecule has 31 heavy (non-hydrogen) atoms. The minimum atomic E-state index is -0.0455. The highest BCUT2D eigenvalue weighted by Gasteiger charge is 2.33. The Hall–Kier alpha value is -2.92. The highest BCUT2D eigenvalue weighted by molar-refractivity contribution is 5.95. The van der Waals surface area contributed by atoms with Crippen LogP contribution in [0.4, 0.5) is 0 Å². The molecule has 1 aliphatic rings. The molecule has 2 aromatic carbocycles. The highest BCUT2D eigenvalue weighted by atomic mass is 16.1. The van der Waals surface area contributed by atoms with Crippen LogP contribution in [0.15, 0.2) is 54.7 Å². The SMILES string of the molecule is CCN(CC)Cc1cccc(CNC(=O)c2cnn(-c3ccccc3C)c2C2CC2)c1. The number of benzene rings is 2. The van der Waals surface area contributed by atoms with Gasteiger partial charge >= 0.3 is 0 Å². The largest absolute Gasteiger partial charge is 0.348 e. The average molecular weight is 417 g/mol. The van der Waals surface area contributed by atoms with Gasteiger partial charge in [0.15, 0.2) is 0 Å². The maximum absolute atomic E-state index is 13.1. The van der Waals surface area contributed by atoms with Crippen LogP contribution in [0.3, 0.4) is 0 Å². The summed E-state index contributed by atoms with van der Waals surface area (Å²) >= 11 is 0. The molecule has 0 atom stereocenters. The van der Waals surface area contributed by atoms with E-state index in [1.54, 1.807) is 6.20 Å². The fraction of sp³-hybridized carbons (Fsp3) is 0.385. The molecule has 5 heteroatoms. The minimum absolute atomic E-state index is 0.0455. The van der Waals surface area contributed by atoms with E-state index in [2.05, 4.69) is 72.5 Å². The molecule has 0 unspecified atom stereocenters. The fourth-order valence-corrected chi connectivity index (χ4v) is 4.10. The van der Waals surface area contributed by atoms with Crippen molar-refractivity contribution in [3.8, 4) is 5.69 Å². The molecule has 0 bridgehead atoms.